The topological polar surface area (TPSA) is 104 Å². The summed E-state index contributed by atoms with van der Waals surface area (Å²) in [6.07, 6.45) is 0. The number of hydrogen-bond acceptors (Lipinski definition) is 8. The summed E-state index contributed by atoms with van der Waals surface area (Å²) in [4.78, 5) is 16.1. The fourth-order valence-electron chi connectivity index (χ4n) is 10.9. The van der Waals surface area contributed by atoms with Crippen molar-refractivity contribution in [3.8, 4) is 56.4 Å². The van der Waals surface area contributed by atoms with E-state index in [-0.39, 0.29) is 0 Å². The standard InChI is InChI=1S/C63H33N3O5/c1-6-19-51-38(10-1)41-13-7-16-44(60(41)71-51)63-65-61(42-14-8-20-56-58(42)47-32-36(24-28-54(47)69-56)34-22-26-52-45(30-34)39-11-2-4-17-49(39)67-52)64-62(66-63)43-15-9-21-57-59(43)48-33-37(25-29-55(48)70-57)35-23-27-53-46(31-35)40-12-3-5-18-50(40)68-53/h1-33H. The Balaban J connectivity index is 0.916. The van der Waals surface area contributed by atoms with Crippen molar-refractivity contribution in [3.05, 3.63) is 200 Å². The molecule has 0 saturated heterocycles. The van der Waals surface area contributed by atoms with E-state index in [4.69, 9.17) is 37.0 Å². The average molecular weight is 912 g/mol. The second kappa shape index (κ2) is 14.4. The molecule has 6 heterocycles. The number of aromatic nitrogens is 3. The number of hydrogen-bond donors (Lipinski definition) is 0. The maximum Gasteiger partial charge on any atom is 0.167 e. The molecule has 16 aromatic rings. The molecule has 0 radical (unpaired) electrons. The molecular formula is C63H33N3O5. The van der Waals surface area contributed by atoms with Gasteiger partial charge in [0.2, 0.25) is 0 Å². The summed E-state index contributed by atoms with van der Waals surface area (Å²) in [7, 11) is 0. The van der Waals surface area contributed by atoms with Gasteiger partial charge in [-0.2, -0.15) is 0 Å². The number of furan rings is 5. The highest BCUT2D eigenvalue weighted by Crippen LogP contribution is 2.43. The first-order chi connectivity index (χ1) is 35.1. The van der Waals surface area contributed by atoms with Crippen LogP contribution in [0.1, 0.15) is 0 Å². The van der Waals surface area contributed by atoms with Crippen molar-refractivity contribution in [3.63, 3.8) is 0 Å². The molecular weight excluding hydrogens is 879 g/mol. The first kappa shape index (κ1) is 38.2. The van der Waals surface area contributed by atoms with E-state index in [1.807, 2.05) is 103 Å². The van der Waals surface area contributed by atoms with Crippen LogP contribution in [0.4, 0.5) is 0 Å². The smallest absolute Gasteiger partial charge is 0.167 e. The van der Waals surface area contributed by atoms with Crippen molar-refractivity contribution in [2.75, 3.05) is 0 Å². The van der Waals surface area contributed by atoms with Crippen LogP contribution in [0.2, 0.25) is 0 Å². The lowest BCUT2D eigenvalue weighted by atomic mass is 9.98. The lowest BCUT2D eigenvalue weighted by Gasteiger charge is -2.10. The van der Waals surface area contributed by atoms with Crippen LogP contribution in [0.5, 0.6) is 0 Å². The third-order valence-electron chi connectivity index (χ3n) is 14.2. The van der Waals surface area contributed by atoms with Gasteiger partial charge in [-0.15, -0.1) is 0 Å². The minimum atomic E-state index is 0.479. The molecule has 10 aromatic carbocycles. The molecule has 16 rings (SSSR count). The predicted octanol–water partition coefficient (Wildman–Crippen LogP) is 17.7. The highest BCUT2D eigenvalue weighted by atomic mass is 16.3. The van der Waals surface area contributed by atoms with E-state index in [0.717, 1.165) is 143 Å². The van der Waals surface area contributed by atoms with Gasteiger partial charge in [0.25, 0.3) is 0 Å². The van der Waals surface area contributed by atoms with Crippen LogP contribution in [0, 0.1) is 0 Å². The Morgan fingerprint density at radius 1 is 0.225 bits per heavy atom. The lowest BCUT2D eigenvalue weighted by molar-refractivity contribution is 0.668. The van der Waals surface area contributed by atoms with E-state index in [1.165, 1.54) is 0 Å². The van der Waals surface area contributed by atoms with Gasteiger partial charge in [0.1, 0.15) is 55.8 Å². The van der Waals surface area contributed by atoms with Gasteiger partial charge in [-0.25, -0.2) is 15.0 Å². The third-order valence-corrected chi connectivity index (χ3v) is 14.2. The van der Waals surface area contributed by atoms with E-state index in [9.17, 15) is 0 Å². The van der Waals surface area contributed by atoms with E-state index in [0.29, 0.717) is 23.1 Å². The summed E-state index contributed by atoms with van der Waals surface area (Å²) in [5, 5.41) is 10.0. The van der Waals surface area contributed by atoms with Gasteiger partial charge < -0.3 is 22.1 Å². The van der Waals surface area contributed by atoms with Gasteiger partial charge in [-0.05, 0) is 107 Å². The Morgan fingerprint density at radius 3 is 1.04 bits per heavy atom. The normalized spacial score (nSPS) is 12.2. The van der Waals surface area contributed by atoms with Gasteiger partial charge in [-0.3, -0.25) is 0 Å². The minimum Gasteiger partial charge on any atom is -0.456 e. The summed E-state index contributed by atoms with van der Waals surface area (Å²) < 4.78 is 32.2. The van der Waals surface area contributed by atoms with E-state index < -0.39 is 0 Å². The van der Waals surface area contributed by atoms with Crippen LogP contribution < -0.4 is 0 Å². The Bertz CT molecular complexity index is 4660. The zero-order valence-electron chi connectivity index (χ0n) is 37.4. The zero-order valence-corrected chi connectivity index (χ0v) is 37.4. The molecule has 6 aromatic heterocycles. The number of nitrogens with zero attached hydrogens (tertiary/aromatic N) is 3. The van der Waals surface area contributed by atoms with Crippen molar-refractivity contribution >= 4 is 110 Å². The van der Waals surface area contributed by atoms with Crippen molar-refractivity contribution in [2.24, 2.45) is 0 Å². The maximum atomic E-state index is 6.62. The van der Waals surface area contributed by atoms with E-state index in [2.05, 4.69) is 97.1 Å². The number of benzene rings is 10. The van der Waals surface area contributed by atoms with Crippen LogP contribution in [-0.2, 0) is 0 Å². The SMILES string of the molecule is c1ccc2c(c1)oc1ccc(-c3ccc4oc5cccc(-c6nc(-c7cccc8c7oc7ccccc78)nc(-c7cccc8oc9ccc(-c%10ccc%11oc%12ccccc%12c%11c%10)cc9c78)n6)c5c4c3)cc12. The molecule has 0 fully saturated rings. The molecule has 0 N–H and O–H groups in total. The van der Waals surface area contributed by atoms with E-state index in [1.54, 1.807) is 0 Å². The van der Waals surface area contributed by atoms with Crippen molar-refractivity contribution in [2.45, 2.75) is 0 Å². The molecule has 0 spiro atoms. The summed E-state index contributed by atoms with van der Waals surface area (Å²) in [6, 6.07) is 68.2. The van der Waals surface area contributed by atoms with Gasteiger partial charge in [-0.1, -0.05) is 115 Å². The van der Waals surface area contributed by atoms with Crippen LogP contribution in [-0.4, -0.2) is 15.0 Å². The number of para-hydroxylation sites is 4. The van der Waals surface area contributed by atoms with Gasteiger partial charge in [0, 0.05) is 65.0 Å². The molecule has 330 valence electrons. The van der Waals surface area contributed by atoms with E-state index >= 15 is 0 Å². The first-order valence-corrected chi connectivity index (χ1v) is 23.5. The second-order valence-electron chi connectivity index (χ2n) is 18.2. The molecule has 0 aliphatic rings. The molecule has 0 bridgehead atoms. The predicted molar refractivity (Wildman–Crippen MR) is 283 cm³/mol. The second-order valence-corrected chi connectivity index (χ2v) is 18.2. The zero-order chi connectivity index (χ0) is 46.3. The molecule has 0 aliphatic carbocycles. The van der Waals surface area contributed by atoms with Gasteiger partial charge >= 0.3 is 0 Å². The molecule has 0 saturated carbocycles. The Hall–Kier alpha value is -9.79. The van der Waals surface area contributed by atoms with Crippen LogP contribution in [0.25, 0.3) is 166 Å². The summed E-state index contributed by atoms with van der Waals surface area (Å²) in [5.74, 6) is 1.47. The molecule has 0 atom stereocenters. The van der Waals surface area contributed by atoms with Crippen LogP contribution >= 0.6 is 0 Å². The third kappa shape index (κ3) is 5.70. The largest absolute Gasteiger partial charge is 0.456 e. The number of rotatable bonds is 5. The van der Waals surface area contributed by atoms with Gasteiger partial charge in [0.15, 0.2) is 17.5 Å². The Labute approximate surface area is 401 Å². The average Bonchev–Trinajstić information content (AvgIpc) is 4.26. The highest BCUT2D eigenvalue weighted by molar-refractivity contribution is 6.16. The summed E-state index contributed by atoms with van der Waals surface area (Å²) in [6.45, 7) is 0. The summed E-state index contributed by atoms with van der Waals surface area (Å²) >= 11 is 0. The molecule has 8 heteroatoms. The molecule has 0 amide bonds. The quantitative estimate of drug-likeness (QED) is 0.168. The van der Waals surface area contributed by atoms with Crippen molar-refractivity contribution < 1.29 is 22.1 Å². The lowest BCUT2D eigenvalue weighted by Crippen LogP contribution is -2.01. The fraction of sp³-hybridized carbons (Fsp3) is 0. The molecule has 8 nitrogen and oxygen atoms in total. The number of fused-ring (bicyclic) bond motifs is 15. The molecule has 0 unspecified atom stereocenters. The monoisotopic (exact) mass is 911 g/mol. The Morgan fingerprint density at radius 2 is 0.549 bits per heavy atom. The first-order valence-electron chi connectivity index (χ1n) is 23.5. The molecule has 0 aliphatic heterocycles. The summed E-state index contributed by atoms with van der Waals surface area (Å²) in [5.41, 5.74) is 14.5. The van der Waals surface area contributed by atoms with Gasteiger partial charge in [0.05, 0.1) is 5.56 Å². The maximum absolute atomic E-state index is 6.62. The molecule has 71 heavy (non-hydrogen) atoms. The van der Waals surface area contributed by atoms with Crippen molar-refractivity contribution in [1.82, 2.24) is 15.0 Å². The highest BCUT2D eigenvalue weighted by Gasteiger charge is 2.23. The minimum absolute atomic E-state index is 0.479. The Kier molecular flexibility index (Phi) is 7.73. The van der Waals surface area contributed by atoms with Crippen LogP contribution in [0.3, 0.4) is 0 Å². The van der Waals surface area contributed by atoms with Crippen LogP contribution in [0.15, 0.2) is 222 Å². The fourth-order valence-corrected chi connectivity index (χ4v) is 10.9. The van der Waals surface area contributed by atoms with Crippen molar-refractivity contribution in [1.29, 1.82) is 0 Å².